The molecule has 0 aliphatic heterocycles. The van der Waals surface area contributed by atoms with Crippen molar-refractivity contribution in [3.63, 3.8) is 0 Å². The molecule has 3 rings (SSSR count). The van der Waals surface area contributed by atoms with Gasteiger partial charge in [0.1, 0.15) is 5.82 Å². The monoisotopic (exact) mass is 470 g/mol. The van der Waals surface area contributed by atoms with E-state index in [0.717, 1.165) is 18.5 Å². The largest absolute Gasteiger partial charge is 0.387 e. The van der Waals surface area contributed by atoms with Gasteiger partial charge in [-0.1, -0.05) is 36.4 Å². The Morgan fingerprint density at radius 2 is 1.85 bits per heavy atom. The number of aromatic nitrogens is 2. The number of aliphatic hydroxyl groups is 1. The van der Waals surface area contributed by atoms with Gasteiger partial charge in [0, 0.05) is 18.4 Å². The summed E-state index contributed by atoms with van der Waals surface area (Å²) >= 11 is 0. The van der Waals surface area contributed by atoms with Gasteiger partial charge in [0.15, 0.2) is 0 Å². The number of nitrogens with one attached hydrogen (secondary N) is 2. The second-order valence-electron chi connectivity index (χ2n) is 7.93. The zero-order valence-electron chi connectivity index (χ0n) is 18.8. The maximum atomic E-state index is 12.2. The Hall–Kier alpha value is -3.05. The van der Waals surface area contributed by atoms with E-state index in [1.807, 2.05) is 49.3 Å². The Bertz CT molecular complexity index is 1160. The molecule has 1 unspecified atom stereocenters. The van der Waals surface area contributed by atoms with Crippen LogP contribution in [0.3, 0.4) is 0 Å². The summed E-state index contributed by atoms with van der Waals surface area (Å²) in [5, 5.41) is 22.0. The standard InChI is InChI=1S/C23H30N6O3S/c1-29(2)15-7-10-18-19(11-6-12-21(18)33(24,31)32)27-23-25-14-13-22(28-23)26-16-20(30)17-8-4-3-5-9-17/h3-6,8-9,11-14,20,30H,7,10,15-16H2,1-2H3,(H2,24,31,32)(H2,25,26,27,28). The van der Waals surface area contributed by atoms with Crippen molar-refractivity contribution in [3.8, 4) is 0 Å². The fourth-order valence-electron chi connectivity index (χ4n) is 3.41. The van der Waals surface area contributed by atoms with Crippen LogP contribution in [0.4, 0.5) is 17.5 Å². The van der Waals surface area contributed by atoms with Crippen LogP contribution in [0.2, 0.25) is 0 Å². The van der Waals surface area contributed by atoms with E-state index in [-0.39, 0.29) is 11.4 Å². The molecule has 0 radical (unpaired) electrons. The zero-order valence-corrected chi connectivity index (χ0v) is 19.6. The molecular formula is C23H30N6O3S. The topological polar surface area (TPSA) is 133 Å². The van der Waals surface area contributed by atoms with Gasteiger partial charge in [-0.15, -0.1) is 0 Å². The van der Waals surface area contributed by atoms with E-state index in [1.165, 1.54) is 6.07 Å². The normalized spacial score (nSPS) is 12.5. The number of benzene rings is 2. The first-order chi connectivity index (χ1) is 15.7. The van der Waals surface area contributed by atoms with E-state index in [0.29, 0.717) is 29.4 Å². The Balaban J connectivity index is 1.77. The highest BCUT2D eigenvalue weighted by atomic mass is 32.2. The second-order valence-corrected chi connectivity index (χ2v) is 9.46. The lowest BCUT2D eigenvalue weighted by molar-refractivity contribution is 0.191. The van der Waals surface area contributed by atoms with Crippen molar-refractivity contribution in [2.75, 3.05) is 37.8 Å². The number of aliphatic hydroxyl groups excluding tert-OH is 1. The van der Waals surface area contributed by atoms with Gasteiger partial charge in [-0.2, -0.15) is 4.98 Å². The van der Waals surface area contributed by atoms with Gasteiger partial charge in [-0.05, 0) is 62.8 Å². The van der Waals surface area contributed by atoms with Crippen LogP contribution >= 0.6 is 0 Å². The third-order valence-electron chi connectivity index (χ3n) is 5.03. The molecule has 0 amide bonds. The highest BCUT2D eigenvalue weighted by Gasteiger charge is 2.18. The Labute approximate surface area is 194 Å². The van der Waals surface area contributed by atoms with Crippen LogP contribution in [0.25, 0.3) is 0 Å². The predicted molar refractivity (Wildman–Crippen MR) is 130 cm³/mol. The number of rotatable bonds is 11. The molecule has 0 aliphatic rings. The summed E-state index contributed by atoms with van der Waals surface area (Å²) < 4.78 is 24.3. The van der Waals surface area contributed by atoms with Gasteiger partial charge >= 0.3 is 0 Å². The fourth-order valence-corrected chi connectivity index (χ4v) is 4.24. The summed E-state index contributed by atoms with van der Waals surface area (Å²) in [6, 6.07) is 16.0. The molecule has 33 heavy (non-hydrogen) atoms. The molecule has 0 saturated heterocycles. The number of nitrogens with zero attached hydrogens (tertiary/aromatic N) is 3. The fraction of sp³-hybridized carbons (Fsp3) is 0.304. The lowest BCUT2D eigenvalue weighted by Gasteiger charge is -2.16. The van der Waals surface area contributed by atoms with Crippen LogP contribution in [0.5, 0.6) is 0 Å². The number of nitrogens with two attached hydrogens (primary N) is 1. The van der Waals surface area contributed by atoms with E-state index in [9.17, 15) is 13.5 Å². The molecule has 9 nitrogen and oxygen atoms in total. The van der Waals surface area contributed by atoms with Crippen LogP contribution in [-0.2, 0) is 16.4 Å². The summed E-state index contributed by atoms with van der Waals surface area (Å²) in [5.74, 6) is 0.828. The van der Waals surface area contributed by atoms with E-state index in [1.54, 1.807) is 24.4 Å². The number of sulfonamides is 1. The number of hydrogen-bond donors (Lipinski definition) is 4. The van der Waals surface area contributed by atoms with Gasteiger partial charge in [0.2, 0.25) is 16.0 Å². The quantitative estimate of drug-likeness (QED) is 0.336. The van der Waals surface area contributed by atoms with Crippen molar-refractivity contribution in [2.45, 2.75) is 23.8 Å². The third-order valence-corrected chi connectivity index (χ3v) is 6.03. The second kappa shape index (κ2) is 11.2. The molecule has 2 aromatic carbocycles. The van der Waals surface area contributed by atoms with E-state index in [4.69, 9.17) is 5.14 Å². The molecule has 0 bridgehead atoms. The lowest BCUT2D eigenvalue weighted by atomic mass is 10.1. The number of primary sulfonamides is 1. The Morgan fingerprint density at radius 3 is 2.55 bits per heavy atom. The van der Waals surface area contributed by atoms with Gasteiger partial charge in [0.05, 0.1) is 11.0 Å². The molecule has 0 saturated carbocycles. The summed E-state index contributed by atoms with van der Waals surface area (Å²) in [5.41, 5.74) is 1.99. The van der Waals surface area contributed by atoms with Gasteiger partial charge in [-0.25, -0.2) is 18.5 Å². The van der Waals surface area contributed by atoms with Crippen LogP contribution in [0.15, 0.2) is 65.7 Å². The molecule has 0 fully saturated rings. The highest BCUT2D eigenvalue weighted by molar-refractivity contribution is 7.89. The van der Waals surface area contributed by atoms with Crippen LogP contribution in [0.1, 0.15) is 23.7 Å². The van der Waals surface area contributed by atoms with Gasteiger partial charge < -0.3 is 20.6 Å². The number of anilines is 3. The predicted octanol–water partition coefficient (Wildman–Crippen LogP) is 2.51. The molecule has 10 heteroatoms. The Kier molecular flexibility index (Phi) is 8.34. The van der Waals surface area contributed by atoms with Gasteiger partial charge in [-0.3, -0.25) is 0 Å². The van der Waals surface area contributed by atoms with Crippen LogP contribution < -0.4 is 15.8 Å². The Morgan fingerprint density at radius 1 is 1.09 bits per heavy atom. The van der Waals surface area contributed by atoms with Crippen molar-refractivity contribution in [3.05, 3.63) is 71.9 Å². The molecule has 0 aliphatic carbocycles. The molecule has 1 aromatic heterocycles. The van der Waals surface area contributed by atoms with Crippen molar-refractivity contribution in [2.24, 2.45) is 5.14 Å². The molecule has 176 valence electrons. The minimum absolute atomic E-state index is 0.0894. The minimum atomic E-state index is -3.89. The van der Waals surface area contributed by atoms with E-state index < -0.39 is 16.1 Å². The third kappa shape index (κ3) is 7.22. The van der Waals surface area contributed by atoms with Crippen molar-refractivity contribution in [1.82, 2.24) is 14.9 Å². The van der Waals surface area contributed by atoms with Crippen molar-refractivity contribution >= 4 is 27.5 Å². The van der Waals surface area contributed by atoms with Crippen molar-refractivity contribution < 1.29 is 13.5 Å². The minimum Gasteiger partial charge on any atom is -0.387 e. The van der Waals surface area contributed by atoms with Crippen LogP contribution in [0, 0.1) is 0 Å². The molecule has 3 aromatic rings. The number of hydrogen-bond acceptors (Lipinski definition) is 8. The first-order valence-electron chi connectivity index (χ1n) is 10.6. The smallest absolute Gasteiger partial charge is 0.238 e. The maximum absolute atomic E-state index is 12.2. The first kappa shape index (κ1) is 24.6. The zero-order chi connectivity index (χ0) is 23.8. The first-order valence-corrected chi connectivity index (χ1v) is 12.1. The average Bonchev–Trinajstić information content (AvgIpc) is 2.78. The molecule has 1 heterocycles. The maximum Gasteiger partial charge on any atom is 0.238 e. The van der Waals surface area contributed by atoms with Crippen molar-refractivity contribution in [1.29, 1.82) is 0 Å². The molecular weight excluding hydrogens is 440 g/mol. The SMILES string of the molecule is CN(C)CCCc1c(Nc2nccc(NCC(O)c3ccccc3)n2)cccc1S(N)(=O)=O. The van der Waals surface area contributed by atoms with Gasteiger partial charge in [0.25, 0.3) is 0 Å². The molecule has 5 N–H and O–H groups in total. The summed E-state index contributed by atoms with van der Waals surface area (Å²) in [7, 11) is 0.0420. The average molecular weight is 471 g/mol. The lowest BCUT2D eigenvalue weighted by Crippen LogP contribution is -2.18. The highest BCUT2D eigenvalue weighted by Crippen LogP contribution is 2.27. The summed E-state index contributed by atoms with van der Waals surface area (Å²) in [4.78, 5) is 10.8. The van der Waals surface area contributed by atoms with E-state index in [2.05, 4.69) is 20.6 Å². The van der Waals surface area contributed by atoms with Crippen LogP contribution in [-0.4, -0.2) is 55.6 Å². The molecule has 0 spiro atoms. The summed E-state index contributed by atoms with van der Waals surface area (Å²) in [6.45, 7) is 1.08. The van der Waals surface area contributed by atoms with E-state index >= 15 is 0 Å². The summed E-state index contributed by atoms with van der Waals surface area (Å²) in [6.07, 6.45) is 2.18. The molecule has 1 atom stereocenters.